The summed E-state index contributed by atoms with van der Waals surface area (Å²) in [4.78, 5) is 16.5. The fourth-order valence-corrected chi connectivity index (χ4v) is 4.28. The van der Waals surface area contributed by atoms with Gasteiger partial charge >= 0.3 is 6.36 Å². The summed E-state index contributed by atoms with van der Waals surface area (Å²) in [5, 5.41) is 22.3. The van der Waals surface area contributed by atoms with Gasteiger partial charge in [0, 0.05) is 38.5 Å². The van der Waals surface area contributed by atoms with E-state index >= 15 is 0 Å². The van der Waals surface area contributed by atoms with Gasteiger partial charge in [0.15, 0.2) is 0 Å². The highest BCUT2D eigenvalue weighted by Gasteiger charge is 2.31. The van der Waals surface area contributed by atoms with E-state index in [2.05, 4.69) is 19.9 Å². The molecule has 0 aliphatic carbocycles. The number of aryl methyl sites for hydroxylation is 1. The number of aliphatic hydroxyl groups is 2. The topological polar surface area (TPSA) is 94.9 Å². The number of ether oxygens (including phenoxy) is 1. The van der Waals surface area contributed by atoms with Crippen LogP contribution in [0.4, 0.5) is 13.2 Å². The Hall–Kier alpha value is -1.95. The van der Waals surface area contributed by atoms with Crippen LogP contribution in [0.1, 0.15) is 31.2 Å². The summed E-state index contributed by atoms with van der Waals surface area (Å²) in [6.07, 6.45) is -2.45. The highest BCUT2D eigenvalue weighted by molar-refractivity contribution is 7.18. The van der Waals surface area contributed by atoms with Crippen molar-refractivity contribution in [3.8, 4) is 5.75 Å². The van der Waals surface area contributed by atoms with Crippen LogP contribution in [0.5, 0.6) is 5.75 Å². The molecule has 3 N–H and O–H groups in total. The van der Waals surface area contributed by atoms with Crippen LogP contribution in [0.2, 0.25) is 0 Å². The van der Waals surface area contributed by atoms with Gasteiger partial charge in [0.1, 0.15) is 5.75 Å². The van der Waals surface area contributed by atoms with Gasteiger partial charge < -0.3 is 20.3 Å². The van der Waals surface area contributed by atoms with Crippen LogP contribution in [0.25, 0.3) is 10.2 Å². The lowest BCUT2D eigenvalue weighted by atomic mass is 10.2. The molecule has 0 radical (unpaired) electrons. The Morgan fingerprint density at radius 1 is 1.42 bits per heavy atom. The number of alkyl halides is 3. The molecule has 1 aromatic carbocycles. The molecule has 1 aromatic heterocycles. The number of thiazole rings is 1. The van der Waals surface area contributed by atoms with E-state index in [4.69, 9.17) is 0 Å². The van der Waals surface area contributed by atoms with E-state index in [9.17, 15) is 28.2 Å². The zero-order valence-corrected chi connectivity index (χ0v) is 18.3. The van der Waals surface area contributed by atoms with Gasteiger partial charge in [0.2, 0.25) is 5.91 Å². The molecular formula is C20H28F3N3O4S. The molecule has 3 rings (SSSR count). The standard InChI is InChI=1S/C16H19F3N2O3S.C4H9NO/c17-16(18,19)24-12-3-4-14-13(7-12)20-15(25-14)2-1-5-21-8-11(23)6-10(21)9-22;1-3-4(6)5-2/h3-4,7,10-11,22-23H,1-2,5-6,8-9H2;3H2,1-2H3,(H,5,6). The van der Waals surface area contributed by atoms with Gasteiger partial charge in [-0.25, -0.2) is 4.98 Å². The average molecular weight is 464 g/mol. The number of carbonyl (C=O) groups excluding carboxylic acids is 1. The molecule has 1 aliphatic rings. The lowest BCUT2D eigenvalue weighted by Gasteiger charge is -2.21. The lowest BCUT2D eigenvalue weighted by molar-refractivity contribution is -0.274. The van der Waals surface area contributed by atoms with Gasteiger partial charge in [-0.3, -0.25) is 9.69 Å². The monoisotopic (exact) mass is 463 g/mol. The summed E-state index contributed by atoms with van der Waals surface area (Å²) in [5.41, 5.74) is 0.492. The quantitative estimate of drug-likeness (QED) is 0.585. The molecule has 7 nitrogen and oxygen atoms in total. The van der Waals surface area contributed by atoms with Crippen LogP contribution >= 0.6 is 11.3 Å². The minimum atomic E-state index is -4.71. The summed E-state index contributed by atoms with van der Waals surface area (Å²) >= 11 is 1.45. The number of aromatic nitrogens is 1. The highest BCUT2D eigenvalue weighted by atomic mass is 32.1. The molecule has 1 amide bonds. The maximum absolute atomic E-state index is 12.3. The van der Waals surface area contributed by atoms with Crippen molar-refractivity contribution in [3.63, 3.8) is 0 Å². The van der Waals surface area contributed by atoms with Gasteiger partial charge in [-0.05, 0) is 31.5 Å². The third-order valence-electron chi connectivity index (χ3n) is 4.79. The molecule has 174 valence electrons. The summed E-state index contributed by atoms with van der Waals surface area (Å²) < 4.78 is 41.5. The van der Waals surface area contributed by atoms with E-state index in [0.717, 1.165) is 22.7 Å². The van der Waals surface area contributed by atoms with Gasteiger partial charge in [0.25, 0.3) is 0 Å². The predicted octanol–water partition coefficient (Wildman–Crippen LogP) is 2.70. The molecule has 1 saturated heterocycles. The van der Waals surface area contributed by atoms with Crippen molar-refractivity contribution in [1.29, 1.82) is 0 Å². The molecule has 0 spiro atoms. The first-order chi connectivity index (χ1) is 14.6. The van der Waals surface area contributed by atoms with E-state index < -0.39 is 12.5 Å². The number of β-amino-alcohol motifs (C(OH)–C–C–N with tert-alkyl or cyclic N) is 1. The fraction of sp³-hybridized carbons (Fsp3) is 0.600. The van der Waals surface area contributed by atoms with Crippen molar-refractivity contribution in [2.24, 2.45) is 0 Å². The molecule has 11 heteroatoms. The second-order valence-electron chi connectivity index (χ2n) is 7.14. The van der Waals surface area contributed by atoms with Crippen LogP contribution in [0.3, 0.4) is 0 Å². The number of rotatable bonds is 7. The number of amides is 1. The fourth-order valence-electron chi connectivity index (χ4n) is 3.29. The maximum Gasteiger partial charge on any atom is 0.573 e. The number of nitrogens with zero attached hydrogens (tertiary/aromatic N) is 2. The smallest absolute Gasteiger partial charge is 0.406 e. The number of hydrogen-bond acceptors (Lipinski definition) is 7. The Kier molecular flexibility index (Phi) is 9.48. The predicted molar refractivity (Wildman–Crippen MR) is 112 cm³/mol. The van der Waals surface area contributed by atoms with Crippen LogP contribution in [-0.2, 0) is 11.2 Å². The summed E-state index contributed by atoms with van der Waals surface area (Å²) in [7, 11) is 1.63. The van der Waals surface area contributed by atoms with Crippen molar-refractivity contribution in [2.75, 3.05) is 26.7 Å². The minimum Gasteiger partial charge on any atom is -0.406 e. The Morgan fingerprint density at radius 3 is 2.74 bits per heavy atom. The van der Waals surface area contributed by atoms with Crippen molar-refractivity contribution in [1.82, 2.24) is 15.2 Å². The van der Waals surface area contributed by atoms with Gasteiger partial charge in [-0.2, -0.15) is 0 Å². The second kappa shape index (κ2) is 11.6. The third kappa shape index (κ3) is 8.24. The van der Waals surface area contributed by atoms with Crippen LogP contribution in [0.15, 0.2) is 18.2 Å². The molecule has 2 atom stereocenters. The normalized spacial score (nSPS) is 19.2. The minimum absolute atomic E-state index is 0.00700. The number of benzene rings is 1. The zero-order chi connectivity index (χ0) is 23.0. The second-order valence-corrected chi connectivity index (χ2v) is 8.25. The number of fused-ring (bicyclic) bond motifs is 1. The molecule has 2 heterocycles. The molecule has 31 heavy (non-hydrogen) atoms. The first-order valence-corrected chi connectivity index (χ1v) is 10.9. The first-order valence-electron chi connectivity index (χ1n) is 10.0. The number of halogens is 3. The SMILES string of the molecule is CCC(=O)NC.OCC1CC(O)CN1CCCc1nc2cc(OC(F)(F)F)ccc2s1. The van der Waals surface area contributed by atoms with Gasteiger partial charge in [-0.1, -0.05) is 6.92 Å². The Morgan fingerprint density at radius 2 is 2.16 bits per heavy atom. The van der Waals surface area contributed by atoms with Crippen molar-refractivity contribution >= 4 is 27.5 Å². The summed E-state index contributed by atoms with van der Waals surface area (Å²) in [6, 6.07) is 4.15. The van der Waals surface area contributed by atoms with Crippen LogP contribution in [-0.4, -0.2) is 71.3 Å². The van der Waals surface area contributed by atoms with E-state index in [1.807, 2.05) is 6.92 Å². The number of hydrogen-bond donors (Lipinski definition) is 3. The van der Waals surface area contributed by atoms with E-state index in [-0.39, 0.29) is 24.3 Å². The number of nitrogens with one attached hydrogen (secondary N) is 1. The lowest BCUT2D eigenvalue weighted by Crippen LogP contribution is -2.33. The Balaban J connectivity index is 0.000000501. The Bertz CT molecular complexity index is 841. The van der Waals surface area contributed by atoms with E-state index in [1.165, 1.54) is 23.5 Å². The van der Waals surface area contributed by atoms with Gasteiger partial charge in [0.05, 0.1) is 27.9 Å². The van der Waals surface area contributed by atoms with Crippen molar-refractivity contribution in [2.45, 2.75) is 51.1 Å². The largest absolute Gasteiger partial charge is 0.573 e. The van der Waals surface area contributed by atoms with Gasteiger partial charge in [-0.15, -0.1) is 24.5 Å². The van der Waals surface area contributed by atoms with E-state index in [1.54, 1.807) is 13.1 Å². The van der Waals surface area contributed by atoms with E-state index in [0.29, 0.717) is 31.3 Å². The number of carbonyl (C=O) groups is 1. The van der Waals surface area contributed by atoms with Crippen LogP contribution < -0.4 is 10.1 Å². The average Bonchev–Trinajstić information content (AvgIpc) is 3.28. The van der Waals surface area contributed by atoms with Crippen LogP contribution in [0, 0.1) is 0 Å². The highest BCUT2D eigenvalue weighted by Crippen LogP contribution is 2.30. The molecule has 1 aliphatic heterocycles. The Labute approximate surface area is 182 Å². The maximum atomic E-state index is 12.3. The zero-order valence-electron chi connectivity index (χ0n) is 17.5. The first kappa shape index (κ1) is 25.3. The molecule has 0 bridgehead atoms. The molecular weight excluding hydrogens is 435 g/mol. The van der Waals surface area contributed by atoms with Crippen molar-refractivity contribution < 1.29 is 32.9 Å². The third-order valence-corrected chi connectivity index (χ3v) is 5.89. The number of aliphatic hydroxyl groups excluding tert-OH is 2. The molecule has 2 unspecified atom stereocenters. The summed E-state index contributed by atoms with van der Waals surface area (Å²) in [5.74, 6) is -0.177. The number of likely N-dealkylation sites (tertiary alicyclic amines) is 1. The molecule has 1 fully saturated rings. The summed E-state index contributed by atoms with van der Waals surface area (Å²) in [6.45, 7) is 3.14. The van der Waals surface area contributed by atoms with Crippen molar-refractivity contribution in [3.05, 3.63) is 23.2 Å². The molecule has 0 saturated carbocycles. The molecule has 2 aromatic rings.